The van der Waals surface area contributed by atoms with Crippen LogP contribution in [0.1, 0.15) is 16.7 Å². The van der Waals surface area contributed by atoms with Gasteiger partial charge in [0, 0.05) is 0 Å². The number of ether oxygens (including phenoxy) is 5. The van der Waals surface area contributed by atoms with Gasteiger partial charge >= 0.3 is 0 Å². The summed E-state index contributed by atoms with van der Waals surface area (Å²) in [5.41, 5.74) is 2.80. The zero-order valence-corrected chi connectivity index (χ0v) is 20.2. The zero-order valence-electron chi connectivity index (χ0n) is 19.4. The fourth-order valence-electron chi connectivity index (χ4n) is 4.04. The SMILES string of the molecule is COc1ccc(/C=C2\SC(=NCc3ccc4c(c3)OCO4)N(Cc3ccc4c(c3)OCO4)C2=O)cc1. The molecule has 3 aliphatic heterocycles. The van der Waals surface area contributed by atoms with Gasteiger partial charge in [0.15, 0.2) is 28.2 Å². The Kier molecular flexibility index (Phi) is 5.90. The van der Waals surface area contributed by atoms with Gasteiger partial charge in [0.25, 0.3) is 5.91 Å². The standard InChI is InChI=1S/C27H22N2O6S/c1-31-20-6-2-17(3-7-20)12-25-26(30)29(14-19-5-9-22-24(11-19)35-16-33-22)27(36-25)28-13-18-4-8-21-23(10-18)34-15-32-21/h2-12H,13-16H2,1H3/b25-12-,28-27?. The fourth-order valence-corrected chi connectivity index (χ4v) is 5.01. The third kappa shape index (κ3) is 4.45. The number of amidine groups is 1. The van der Waals surface area contributed by atoms with E-state index in [4.69, 9.17) is 28.7 Å². The van der Waals surface area contributed by atoms with Gasteiger partial charge < -0.3 is 23.7 Å². The van der Waals surface area contributed by atoms with Gasteiger partial charge in [-0.15, -0.1) is 0 Å². The Hall–Kier alpha value is -4.11. The van der Waals surface area contributed by atoms with E-state index in [9.17, 15) is 4.79 Å². The predicted molar refractivity (Wildman–Crippen MR) is 135 cm³/mol. The molecule has 1 amide bonds. The van der Waals surface area contributed by atoms with Gasteiger partial charge in [0.2, 0.25) is 13.6 Å². The highest BCUT2D eigenvalue weighted by atomic mass is 32.2. The normalized spacial score (nSPS) is 17.9. The number of hydrogen-bond donors (Lipinski definition) is 0. The van der Waals surface area contributed by atoms with Crippen molar-refractivity contribution in [2.75, 3.05) is 20.7 Å². The summed E-state index contributed by atoms with van der Waals surface area (Å²) in [4.78, 5) is 20.6. The van der Waals surface area contributed by atoms with Crippen LogP contribution >= 0.6 is 11.8 Å². The van der Waals surface area contributed by atoms with E-state index in [1.54, 1.807) is 12.0 Å². The minimum absolute atomic E-state index is 0.0991. The summed E-state index contributed by atoms with van der Waals surface area (Å²) in [6.07, 6.45) is 1.88. The summed E-state index contributed by atoms with van der Waals surface area (Å²) in [5.74, 6) is 3.49. The van der Waals surface area contributed by atoms with Gasteiger partial charge in [-0.3, -0.25) is 14.7 Å². The Morgan fingerprint density at radius 1 is 0.889 bits per heavy atom. The molecule has 0 bridgehead atoms. The van der Waals surface area contributed by atoms with Gasteiger partial charge in [-0.2, -0.15) is 0 Å². The molecule has 3 heterocycles. The Balaban J connectivity index is 1.28. The number of aliphatic imine (C=N–C) groups is 1. The molecule has 1 fully saturated rings. The lowest BCUT2D eigenvalue weighted by Crippen LogP contribution is -2.28. The molecule has 182 valence electrons. The van der Waals surface area contributed by atoms with Crippen molar-refractivity contribution in [1.29, 1.82) is 0 Å². The summed E-state index contributed by atoms with van der Waals surface area (Å²) >= 11 is 1.37. The van der Waals surface area contributed by atoms with Crippen molar-refractivity contribution in [2.24, 2.45) is 4.99 Å². The van der Waals surface area contributed by atoms with Gasteiger partial charge in [0.1, 0.15) is 5.75 Å². The van der Waals surface area contributed by atoms with Gasteiger partial charge in [0.05, 0.1) is 25.1 Å². The lowest BCUT2D eigenvalue weighted by molar-refractivity contribution is -0.122. The largest absolute Gasteiger partial charge is 0.497 e. The average molecular weight is 503 g/mol. The Morgan fingerprint density at radius 3 is 2.22 bits per heavy atom. The Labute approximate surface area is 212 Å². The first kappa shape index (κ1) is 22.4. The Morgan fingerprint density at radius 2 is 1.53 bits per heavy atom. The first-order chi connectivity index (χ1) is 17.7. The van der Waals surface area contributed by atoms with Gasteiger partial charge in [-0.1, -0.05) is 24.3 Å². The maximum Gasteiger partial charge on any atom is 0.267 e. The topological polar surface area (TPSA) is 78.8 Å². The molecule has 6 rings (SSSR count). The lowest BCUT2D eigenvalue weighted by atomic mass is 10.1. The van der Waals surface area contributed by atoms with Crippen molar-refractivity contribution >= 4 is 28.9 Å². The molecule has 0 N–H and O–H groups in total. The second-order valence-corrected chi connectivity index (χ2v) is 9.26. The van der Waals surface area contributed by atoms with Crippen LogP contribution in [0.3, 0.4) is 0 Å². The van der Waals surface area contributed by atoms with E-state index in [2.05, 4.69) is 0 Å². The van der Waals surface area contributed by atoms with E-state index in [0.29, 0.717) is 40.4 Å². The van der Waals surface area contributed by atoms with Crippen molar-refractivity contribution < 1.29 is 28.5 Å². The van der Waals surface area contributed by atoms with E-state index < -0.39 is 0 Å². The molecule has 8 nitrogen and oxygen atoms in total. The molecule has 0 aliphatic carbocycles. The molecular formula is C27H22N2O6S. The van der Waals surface area contributed by atoms with Crippen LogP contribution in [-0.4, -0.2) is 36.7 Å². The maximum absolute atomic E-state index is 13.5. The number of fused-ring (bicyclic) bond motifs is 2. The van der Waals surface area contributed by atoms with Crippen LogP contribution in [0.2, 0.25) is 0 Å². The zero-order chi connectivity index (χ0) is 24.5. The summed E-state index contributed by atoms with van der Waals surface area (Å²) in [6.45, 7) is 1.19. The molecule has 3 aromatic rings. The second kappa shape index (κ2) is 9.50. The van der Waals surface area contributed by atoms with Crippen LogP contribution in [0, 0.1) is 0 Å². The Bertz CT molecular complexity index is 1390. The number of benzene rings is 3. The van der Waals surface area contributed by atoms with E-state index in [0.717, 1.165) is 28.2 Å². The molecule has 0 saturated carbocycles. The van der Waals surface area contributed by atoms with Crippen molar-refractivity contribution in [3.05, 3.63) is 82.3 Å². The molecule has 0 aromatic heterocycles. The number of thioether (sulfide) groups is 1. The molecule has 0 spiro atoms. The highest BCUT2D eigenvalue weighted by Crippen LogP contribution is 2.37. The highest BCUT2D eigenvalue weighted by Gasteiger charge is 2.33. The number of nitrogens with zero attached hydrogens (tertiary/aromatic N) is 2. The number of hydrogen-bond acceptors (Lipinski definition) is 8. The number of carbonyl (C=O) groups excluding carboxylic acids is 1. The monoisotopic (exact) mass is 502 g/mol. The van der Waals surface area contributed by atoms with E-state index in [-0.39, 0.29) is 19.5 Å². The molecule has 1 saturated heterocycles. The molecule has 36 heavy (non-hydrogen) atoms. The molecule has 3 aliphatic rings. The summed E-state index contributed by atoms with van der Waals surface area (Å²) < 4.78 is 27.0. The molecule has 9 heteroatoms. The number of methoxy groups -OCH3 is 1. The quantitative estimate of drug-likeness (QED) is 0.447. The smallest absolute Gasteiger partial charge is 0.267 e. The van der Waals surface area contributed by atoms with Gasteiger partial charge in [-0.25, -0.2) is 0 Å². The summed E-state index contributed by atoms with van der Waals surface area (Å²) in [6, 6.07) is 19.0. The van der Waals surface area contributed by atoms with Gasteiger partial charge in [-0.05, 0) is 70.9 Å². The molecule has 0 atom stereocenters. The number of rotatable bonds is 6. The molecule has 0 unspecified atom stereocenters. The second-order valence-electron chi connectivity index (χ2n) is 8.25. The third-order valence-corrected chi connectivity index (χ3v) is 6.96. The lowest BCUT2D eigenvalue weighted by Gasteiger charge is -2.16. The van der Waals surface area contributed by atoms with Crippen LogP contribution in [0.25, 0.3) is 6.08 Å². The van der Waals surface area contributed by atoms with Crippen molar-refractivity contribution in [1.82, 2.24) is 4.90 Å². The van der Waals surface area contributed by atoms with E-state index in [1.807, 2.05) is 66.7 Å². The molecular weight excluding hydrogens is 480 g/mol. The first-order valence-electron chi connectivity index (χ1n) is 11.3. The fraction of sp³-hybridized carbons (Fsp3) is 0.185. The van der Waals surface area contributed by atoms with Crippen molar-refractivity contribution in [2.45, 2.75) is 13.1 Å². The van der Waals surface area contributed by atoms with E-state index >= 15 is 0 Å². The predicted octanol–water partition coefficient (Wildman–Crippen LogP) is 4.83. The summed E-state index contributed by atoms with van der Waals surface area (Å²) in [7, 11) is 1.63. The molecule has 0 radical (unpaired) electrons. The van der Waals surface area contributed by atoms with Crippen LogP contribution in [0.4, 0.5) is 0 Å². The van der Waals surface area contributed by atoms with Crippen molar-refractivity contribution in [3.63, 3.8) is 0 Å². The molecule has 3 aromatic carbocycles. The maximum atomic E-state index is 13.5. The van der Waals surface area contributed by atoms with Crippen LogP contribution in [0.15, 0.2) is 70.6 Å². The minimum Gasteiger partial charge on any atom is -0.497 e. The average Bonchev–Trinajstić information content (AvgIpc) is 3.63. The highest BCUT2D eigenvalue weighted by molar-refractivity contribution is 8.18. The van der Waals surface area contributed by atoms with E-state index in [1.165, 1.54) is 11.8 Å². The number of carbonyl (C=O) groups is 1. The van der Waals surface area contributed by atoms with Crippen LogP contribution in [0.5, 0.6) is 28.7 Å². The van der Waals surface area contributed by atoms with Crippen LogP contribution < -0.4 is 23.7 Å². The first-order valence-corrected chi connectivity index (χ1v) is 12.1. The van der Waals surface area contributed by atoms with Crippen molar-refractivity contribution in [3.8, 4) is 28.7 Å². The summed E-state index contributed by atoms with van der Waals surface area (Å²) in [5, 5.41) is 0.634. The number of amides is 1. The third-order valence-electron chi connectivity index (χ3n) is 5.91. The minimum atomic E-state index is -0.0991. The van der Waals surface area contributed by atoms with Crippen LogP contribution in [-0.2, 0) is 17.9 Å².